The molecule has 0 aromatic heterocycles. The summed E-state index contributed by atoms with van der Waals surface area (Å²) in [5.74, 6) is -0.633. The molecule has 0 saturated carbocycles. The third kappa shape index (κ3) is 8.96. The van der Waals surface area contributed by atoms with Gasteiger partial charge in [0, 0.05) is 20.0 Å². The van der Waals surface area contributed by atoms with Crippen LogP contribution >= 0.6 is 0 Å². The lowest BCUT2D eigenvalue weighted by Crippen LogP contribution is -2.52. The zero-order valence-electron chi connectivity index (χ0n) is 21.2. The molecule has 0 saturated heterocycles. The quantitative estimate of drug-likeness (QED) is 0.444. The van der Waals surface area contributed by atoms with Crippen molar-refractivity contribution in [1.29, 1.82) is 0 Å². The number of rotatable bonds is 10. The number of nitrogens with one attached hydrogen (secondary N) is 2. The molecule has 0 heterocycles. The second-order valence-electron chi connectivity index (χ2n) is 9.48. The molecule has 3 amide bonds. The first kappa shape index (κ1) is 27.7. The van der Waals surface area contributed by atoms with Crippen LogP contribution < -0.4 is 10.6 Å². The van der Waals surface area contributed by atoms with Gasteiger partial charge >= 0.3 is 6.09 Å². The summed E-state index contributed by atoms with van der Waals surface area (Å²) in [6.07, 6.45) is 1.18. The van der Waals surface area contributed by atoms with E-state index in [0.717, 1.165) is 18.4 Å². The Bertz CT molecular complexity index is 971. The summed E-state index contributed by atoms with van der Waals surface area (Å²) in [5.41, 5.74) is 0.653. The molecule has 0 bridgehead atoms. The number of hydrogen-bond donors (Lipinski definition) is 3. The van der Waals surface area contributed by atoms with Crippen LogP contribution in [0.4, 0.5) is 4.79 Å². The second kappa shape index (κ2) is 12.8. The Labute approximate surface area is 207 Å². The first-order valence-corrected chi connectivity index (χ1v) is 11.9. The van der Waals surface area contributed by atoms with Gasteiger partial charge in [-0.25, -0.2) is 4.79 Å². The third-order valence-corrected chi connectivity index (χ3v) is 5.29. The summed E-state index contributed by atoms with van der Waals surface area (Å²) in [6.45, 7) is 7.76. The molecule has 0 aliphatic rings. The number of nitrogens with zero attached hydrogens (tertiary/aromatic N) is 1. The molecule has 2 atom stereocenters. The predicted molar refractivity (Wildman–Crippen MR) is 135 cm³/mol. The van der Waals surface area contributed by atoms with Crippen molar-refractivity contribution in [3.05, 3.63) is 65.7 Å². The van der Waals surface area contributed by atoms with Gasteiger partial charge < -0.3 is 25.4 Å². The summed E-state index contributed by atoms with van der Waals surface area (Å²) >= 11 is 0. The van der Waals surface area contributed by atoms with Crippen molar-refractivity contribution < 1.29 is 24.2 Å². The summed E-state index contributed by atoms with van der Waals surface area (Å²) < 4.78 is 5.37. The van der Waals surface area contributed by atoms with Crippen LogP contribution in [0.1, 0.15) is 57.7 Å². The number of unbranched alkanes of at least 4 members (excludes halogenated alkanes) is 1. The standard InChI is InChI=1S/C27H37N3O5/c1-6-7-17-28-24(32)23(20-11-9-8-10-12-20)30(5)25(33)22(29-26(34)35-27(2,3)4)18-19-13-15-21(31)16-14-19/h8-16,22-23,31H,6-7,17-18H2,1-5H3,(H,28,32)(H,29,34). The highest BCUT2D eigenvalue weighted by Crippen LogP contribution is 2.22. The van der Waals surface area contributed by atoms with E-state index >= 15 is 0 Å². The predicted octanol–water partition coefficient (Wildman–Crippen LogP) is 3.94. The van der Waals surface area contributed by atoms with Gasteiger partial charge in [-0.3, -0.25) is 9.59 Å². The Morgan fingerprint density at radius 1 is 1.03 bits per heavy atom. The van der Waals surface area contributed by atoms with E-state index in [4.69, 9.17) is 4.74 Å². The fourth-order valence-corrected chi connectivity index (χ4v) is 3.56. The van der Waals surface area contributed by atoms with Crippen LogP contribution in [0.5, 0.6) is 5.75 Å². The lowest BCUT2D eigenvalue weighted by atomic mass is 10.0. The number of amides is 3. The van der Waals surface area contributed by atoms with Gasteiger partial charge in [-0.1, -0.05) is 55.8 Å². The van der Waals surface area contributed by atoms with E-state index in [2.05, 4.69) is 10.6 Å². The first-order valence-electron chi connectivity index (χ1n) is 11.9. The molecule has 2 aromatic rings. The smallest absolute Gasteiger partial charge is 0.408 e. The summed E-state index contributed by atoms with van der Waals surface area (Å²) in [6, 6.07) is 13.6. The second-order valence-corrected chi connectivity index (χ2v) is 9.48. The average Bonchev–Trinajstić information content (AvgIpc) is 2.79. The molecule has 2 aromatic carbocycles. The summed E-state index contributed by atoms with van der Waals surface area (Å²) in [4.78, 5) is 40.8. The maximum Gasteiger partial charge on any atom is 0.408 e. The highest BCUT2D eigenvalue weighted by atomic mass is 16.6. The number of aromatic hydroxyl groups is 1. The van der Waals surface area contributed by atoms with Crippen molar-refractivity contribution in [2.45, 2.75) is 64.6 Å². The molecule has 2 unspecified atom stereocenters. The molecule has 0 radical (unpaired) electrons. The maximum absolute atomic E-state index is 13.7. The molecule has 0 spiro atoms. The Morgan fingerprint density at radius 2 is 1.66 bits per heavy atom. The van der Waals surface area contributed by atoms with E-state index in [0.29, 0.717) is 12.1 Å². The Hall–Kier alpha value is -3.55. The van der Waals surface area contributed by atoms with Crippen molar-refractivity contribution in [3.63, 3.8) is 0 Å². The van der Waals surface area contributed by atoms with Crippen molar-refractivity contribution >= 4 is 17.9 Å². The van der Waals surface area contributed by atoms with E-state index in [9.17, 15) is 19.5 Å². The third-order valence-electron chi connectivity index (χ3n) is 5.29. The number of benzene rings is 2. The first-order chi connectivity index (χ1) is 16.5. The molecule has 0 fully saturated rings. The molecule has 190 valence electrons. The maximum atomic E-state index is 13.7. The number of likely N-dealkylation sites (N-methyl/N-ethyl adjacent to an activating group) is 1. The minimum absolute atomic E-state index is 0.0988. The van der Waals surface area contributed by atoms with Crippen LogP contribution in [0.25, 0.3) is 0 Å². The zero-order valence-corrected chi connectivity index (χ0v) is 21.2. The molecular weight excluding hydrogens is 446 g/mol. The van der Waals surface area contributed by atoms with Crippen LogP contribution in [0.3, 0.4) is 0 Å². The number of phenols is 1. The Balaban J connectivity index is 2.33. The van der Waals surface area contributed by atoms with Crippen molar-refractivity contribution in [2.24, 2.45) is 0 Å². The fourth-order valence-electron chi connectivity index (χ4n) is 3.56. The normalized spacial score (nSPS) is 12.8. The van der Waals surface area contributed by atoms with Crippen LogP contribution in [0.15, 0.2) is 54.6 Å². The van der Waals surface area contributed by atoms with E-state index in [1.807, 2.05) is 25.1 Å². The lowest BCUT2D eigenvalue weighted by molar-refractivity contribution is -0.140. The molecule has 2 rings (SSSR count). The summed E-state index contributed by atoms with van der Waals surface area (Å²) in [5, 5.41) is 15.2. The highest BCUT2D eigenvalue weighted by molar-refractivity contribution is 5.92. The van der Waals surface area contributed by atoms with Crippen LogP contribution in [0, 0.1) is 0 Å². The Kier molecular flexibility index (Phi) is 10.1. The molecule has 3 N–H and O–H groups in total. The molecule has 35 heavy (non-hydrogen) atoms. The van der Waals surface area contributed by atoms with E-state index in [-0.39, 0.29) is 18.1 Å². The minimum atomic E-state index is -0.992. The number of hydrogen-bond acceptors (Lipinski definition) is 5. The number of alkyl carbamates (subject to hydrolysis) is 1. The van der Waals surface area contributed by atoms with E-state index in [1.165, 1.54) is 17.0 Å². The summed E-state index contributed by atoms with van der Waals surface area (Å²) in [7, 11) is 1.56. The van der Waals surface area contributed by atoms with Crippen LogP contribution in [-0.2, 0) is 20.7 Å². The topological polar surface area (TPSA) is 108 Å². The number of carbonyl (C=O) groups excluding carboxylic acids is 3. The van der Waals surface area contributed by atoms with E-state index < -0.39 is 29.7 Å². The van der Waals surface area contributed by atoms with Gasteiger partial charge in [0.1, 0.15) is 23.4 Å². The van der Waals surface area contributed by atoms with Crippen molar-refractivity contribution in [1.82, 2.24) is 15.5 Å². The van der Waals surface area contributed by atoms with Crippen molar-refractivity contribution in [3.8, 4) is 5.75 Å². The van der Waals surface area contributed by atoms with Crippen molar-refractivity contribution in [2.75, 3.05) is 13.6 Å². The van der Waals surface area contributed by atoms with Gasteiger partial charge in [0.05, 0.1) is 0 Å². The largest absolute Gasteiger partial charge is 0.508 e. The Morgan fingerprint density at radius 3 is 2.23 bits per heavy atom. The molecular formula is C27H37N3O5. The van der Waals surface area contributed by atoms with E-state index in [1.54, 1.807) is 52.1 Å². The van der Waals surface area contributed by atoms with Crippen LogP contribution in [0.2, 0.25) is 0 Å². The monoisotopic (exact) mass is 483 g/mol. The average molecular weight is 484 g/mol. The highest BCUT2D eigenvalue weighted by Gasteiger charge is 2.34. The minimum Gasteiger partial charge on any atom is -0.508 e. The van der Waals surface area contributed by atoms with Crippen LogP contribution in [-0.4, -0.2) is 53.1 Å². The van der Waals surface area contributed by atoms with Gasteiger partial charge in [-0.15, -0.1) is 0 Å². The SMILES string of the molecule is CCCCNC(=O)C(c1ccccc1)N(C)C(=O)C(Cc1ccc(O)cc1)NC(=O)OC(C)(C)C. The van der Waals surface area contributed by atoms with Gasteiger partial charge in [-0.05, 0) is 50.5 Å². The molecule has 0 aliphatic carbocycles. The number of ether oxygens (including phenoxy) is 1. The van der Waals surface area contributed by atoms with Gasteiger partial charge in [0.25, 0.3) is 0 Å². The van der Waals surface area contributed by atoms with Gasteiger partial charge in [-0.2, -0.15) is 0 Å². The molecule has 8 heteroatoms. The van der Waals surface area contributed by atoms with Gasteiger partial charge in [0.2, 0.25) is 11.8 Å². The number of carbonyl (C=O) groups is 3. The molecule has 8 nitrogen and oxygen atoms in total. The lowest BCUT2D eigenvalue weighted by Gasteiger charge is -2.31. The fraction of sp³-hybridized carbons (Fsp3) is 0.444. The zero-order chi connectivity index (χ0) is 26.0. The molecule has 0 aliphatic heterocycles. The number of phenolic OH excluding ortho intramolecular Hbond substituents is 1. The van der Waals surface area contributed by atoms with Gasteiger partial charge in [0.15, 0.2) is 0 Å².